The van der Waals surface area contributed by atoms with Crippen molar-refractivity contribution in [2.45, 2.75) is 75.3 Å². The fourth-order valence-electron chi connectivity index (χ4n) is 5.02. The number of nitrogens with zero attached hydrogens (tertiary/aromatic N) is 4. The molecule has 1 saturated carbocycles. The molecule has 7 heteroatoms. The number of hydrogen-bond acceptors (Lipinski definition) is 4. The number of nitrogens with one attached hydrogen (secondary N) is 1. The zero-order chi connectivity index (χ0) is 25.3. The van der Waals surface area contributed by atoms with Gasteiger partial charge in [0.15, 0.2) is 5.82 Å². The Morgan fingerprint density at radius 1 is 1.03 bits per heavy atom. The van der Waals surface area contributed by atoms with Crippen molar-refractivity contribution >= 4 is 17.8 Å². The lowest BCUT2D eigenvalue weighted by atomic mass is 9.88. The smallest absolute Gasteiger partial charge is 0.317 e. The summed E-state index contributed by atoms with van der Waals surface area (Å²) in [5.74, 6) is 3.81. The average molecular weight is 504 g/mol. The summed E-state index contributed by atoms with van der Waals surface area (Å²) in [6, 6.07) is 19.0. The van der Waals surface area contributed by atoms with Crippen molar-refractivity contribution in [1.82, 2.24) is 25.0 Å². The quantitative estimate of drug-likeness (QED) is 0.395. The van der Waals surface area contributed by atoms with E-state index in [2.05, 4.69) is 86.2 Å². The van der Waals surface area contributed by atoms with Crippen LogP contribution >= 0.6 is 11.8 Å². The molecule has 5 rings (SSSR count). The molecule has 2 fully saturated rings. The minimum Gasteiger partial charge on any atom is -0.334 e. The summed E-state index contributed by atoms with van der Waals surface area (Å²) in [5.41, 5.74) is 2.19. The molecule has 1 aliphatic carbocycles. The Balaban J connectivity index is 1.37. The Morgan fingerprint density at radius 3 is 2.36 bits per heavy atom. The zero-order valence-electron chi connectivity index (χ0n) is 21.8. The highest BCUT2D eigenvalue weighted by Gasteiger charge is 2.42. The number of amides is 2. The molecule has 0 radical (unpaired) electrons. The van der Waals surface area contributed by atoms with Crippen LogP contribution in [-0.2, 0) is 12.1 Å². The van der Waals surface area contributed by atoms with Crippen LogP contribution in [0.25, 0.3) is 0 Å². The monoisotopic (exact) mass is 503 g/mol. The maximum atomic E-state index is 13.3. The molecule has 1 aromatic heterocycles. The third-order valence-corrected chi connectivity index (χ3v) is 7.97. The molecule has 36 heavy (non-hydrogen) atoms. The van der Waals surface area contributed by atoms with Gasteiger partial charge in [-0.25, -0.2) is 14.5 Å². The van der Waals surface area contributed by atoms with E-state index in [4.69, 9.17) is 10.1 Å². The molecular weight excluding hydrogens is 466 g/mol. The molecule has 1 saturated heterocycles. The highest BCUT2D eigenvalue weighted by Crippen LogP contribution is 2.43. The highest BCUT2D eigenvalue weighted by atomic mass is 32.2. The van der Waals surface area contributed by atoms with Crippen LogP contribution in [0.2, 0.25) is 0 Å². The molecule has 6 nitrogen and oxygen atoms in total. The predicted molar refractivity (Wildman–Crippen MR) is 146 cm³/mol. The summed E-state index contributed by atoms with van der Waals surface area (Å²) in [5, 5.41) is 8.12. The molecule has 2 amide bonds. The Kier molecular flexibility index (Phi) is 7.11. The van der Waals surface area contributed by atoms with Gasteiger partial charge in [-0.1, -0.05) is 49.4 Å². The number of likely N-dealkylation sites (tertiary alicyclic amines) is 1. The van der Waals surface area contributed by atoms with Crippen LogP contribution in [0.1, 0.15) is 81.1 Å². The summed E-state index contributed by atoms with van der Waals surface area (Å²) in [6.45, 7) is 10.5. The SMILES string of the molecule is CCSc1ccc(CNC(=O)N2CC(c3ccccc3)C(c3nc(C4CC4)nn3C(C)(C)C)C2)cc1. The summed E-state index contributed by atoms with van der Waals surface area (Å²) in [4.78, 5) is 21.6. The second kappa shape index (κ2) is 10.3. The predicted octanol–water partition coefficient (Wildman–Crippen LogP) is 6.12. The van der Waals surface area contributed by atoms with E-state index in [0.717, 1.165) is 23.0 Å². The van der Waals surface area contributed by atoms with E-state index in [1.807, 2.05) is 22.7 Å². The van der Waals surface area contributed by atoms with Crippen molar-refractivity contribution in [3.63, 3.8) is 0 Å². The average Bonchev–Trinajstić information content (AvgIpc) is 3.45. The molecule has 1 N–H and O–H groups in total. The van der Waals surface area contributed by atoms with Gasteiger partial charge >= 0.3 is 6.03 Å². The van der Waals surface area contributed by atoms with Gasteiger partial charge in [0.1, 0.15) is 5.82 Å². The lowest BCUT2D eigenvalue weighted by molar-refractivity contribution is 0.207. The van der Waals surface area contributed by atoms with E-state index >= 15 is 0 Å². The third-order valence-electron chi connectivity index (χ3n) is 7.07. The van der Waals surface area contributed by atoms with E-state index in [0.29, 0.717) is 25.6 Å². The van der Waals surface area contributed by atoms with Crippen molar-refractivity contribution < 1.29 is 4.79 Å². The number of hydrogen-bond donors (Lipinski definition) is 1. The number of urea groups is 1. The fourth-order valence-corrected chi connectivity index (χ4v) is 5.68. The van der Waals surface area contributed by atoms with Crippen LogP contribution in [0.5, 0.6) is 0 Å². The molecule has 2 atom stereocenters. The first kappa shape index (κ1) is 24.9. The number of carbonyl (C=O) groups is 1. The number of thioether (sulfide) groups is 1. The number of aromatic nitrogens is 3. The van der Waals surface area contributed by atoms with Crippen LogP contribution in [0.3, 0.4) is 0 Å². The van der Waals surface area contributed by atoms with Gasteiger partial charge in [-0.2, -0.15) is 5.10 Å². The first-order chi connectivity index (χ1) is 17.3. The number of rotatable bonds is 7. The highest BCUT2D eigenvalue weighted by molar-refractivity contribution is 7.99. The first-order valence-electron chi connectivity index (χ1n) is 13.1. The molecule has 0 spiro atoms. The summed E-state index contributed by atoms with van der Waals surface area (Å²) in [7, 11) is 0. The van der Waals surface area contributed by atoms with Crippen molar-refractivity contribution in [2.24, 2.45) is 0 Å². The minimum atomic E-state index is -0.172. The van der Waals surface area contributed by atoms with Crippen molar-refractivity contribution in [1.29, 1.82) is 0 Å². The van der Waals surface area contributed by atoms with Gasteiger partial charge in [0.2, 0.25) is 0 Å². The molecule has 0 bridgehead atoms. The van der Waals surface area contributed by atoms with Crippen molar-refractivity contribution in [3.05, 3.63) is 77.4 Å². The molecule has 2 unspecified atom stereocenters. The number of carbonyl (C=O) groups excluding carboxylic acids is 1. The standard InChI is InChI=1S/C29H37N5OS/c1-5-36-23-15-11-20(12-16-23)17-30-28(35)33-18-24(21-9-7-6-8-10-21)25(19-33)27-31-26(22-13-14-22)32-34(27)29(2,3)4/h6-12,15-16,22,24-25H,5,13-14,17-19H2,1-4H3,(H,30,35). The molecule has 3 aromatic rings. The Morgan fingerprint density at radius 2 is 1.72 bits per heavy atom. The fraction of sp³-hybridized carbons (Fsp3) is 0.483. The van der Waals surface area contributed by atoms with Crippen LogP contribution in [-0.4, -0.2) is 44.5 Å². The Hall–Kier alpha value is -2.80. The maximum absolute atomic E-state index is 13.3. The van der Waals surface area contributed by atoms with Crippen LogP contribution in [0.15, 0.2) is 59.5 Å². The van der Waals surface area contributed by atoms with E-state index in [9.17, 15) is 4.79 Å². The lowest BCUT2D eigenvalue weighted by Crippen LogP contribution is -2.38. The molecule has 2 aromatic carbocycles. The van der Waals surface area contributed by atoms with Gasteiger partial charge in [0.05, 0.1) is 5.54 Å². The van der Waals surface area contributed by atoms with E-state index in [-0.39, 0.29) is 23.4 Å². The first-order valence-corrected chi connectivity index (χ1v) is 14.1. The lowest BCUT2D eigenvalue weighted by Gasteiger charge is -2.25. The minimum absolute atomic E-state index is 0.0188. The van der Waals surface area contributed by atoms with Crippen LogP contribution in [0, 0.1) is 0 Å². The molecule has 1 aliphatic heterocycles. The molecule has 2 aliphatic rings. The summed E-state index contributed by atoms with van der Waals surface area (Å²) >= 11 is 1.83. The third kappa shape index (κ3) is 5.46. The van der Waals surface area contributed by atoms with Gasteiger partial charge in [-0.3, -0.25) is 0 Å². The largest absolute Gasteiger partial charge is 0.334 e. The van der Waals surface area contributed by atoms with Gasteiger partial charge < -0.3 is 10.2 Å². The Bertz CT molecular complexity index is 1180. The molecule has 190 valence electrons. The zero-order valence-corrected chi connectivity index (χ0v) is 22.6. The van der Waals surface area contributed by atoms with Gasteiger partial charge in [0.25, 0.3) is 0 Å². The molecular formula is C29H37N5OS. The topological polar surface area (TPSA) is 63.1 Å². The van der Waals surface area contributed by atoms with Gasteiger partial charge in [0, 0.05) is 42.3 Å². The van der Waals surface area contributed by atoms with Crippen molar-refractivity contribution in [2.75, 3.05) is 18.8 Å². The van der Waals surface area contributed by atoms with Gasteiger partial charge in [-0.15, -0.1) is 11.8 Å². The van der Waals surface area contributed by atoms with Crippen molar-refractivity contribution in [3.8, 4) is 0 Å². The Labute approximate surface area is 218 Å². The van der Waals surface area contributed by atoms with E-state index < -0.39 is 0 Å². The number of benzene rings is 2. The van der Waals surface area contributed by atoms with E-state index in [1.54, 1.807) is 0 Å². The summed E-state index contributed by atoms with van der Waals surface area (Å²) in [6.07, 6.45) is 2.35. The van der Waals surface area contributed by atoms with Gasteiger partial charge in [-0.05, 0) is 62.6 Å². The maximum Gasteiger partial charge on any atom is 0.317 e. The second-order valence-corrected chi connectivity index (χ2v) is 12.3. The second-order valence-electron chi connectivity index (χ2n) is 10.9. The van der Waals surface area contributed by atoms with Crippen LogP contribution in [0.4, 0.5) is 4.79 Å². The normalized spacial score (nSPS) is 20.1. The molecule has 2 heterocycles. The summed E-state index contributed by atoms with van der Waals surface area (Å²) < 4.78 is 2.12. The van der Waals surface area contributed by atoms with Crippen LogP contribution < -0.4 is 5.32 Å². The van der Waals surface area contributed by atoms with E-state index in [1.165, 1.54) is 23.3 Å².